The van der Waals surface area contributed by atoms with E-state index in [0.29, 0.717) is 10.8 Å². The van der Waals surface area contributed by atoms with Gasteiger partial charge in [0.15, 0.2) is 0 Å². The largest absolute Gasteiger partial charge is 0.292 e. The number of benzene rings is 1. The van der Waals surface area contributed by atoms with Gasteiger partial charge in [-0.25, -0.2) is 0 Å². The van der Waals surface area contributed by atoms with Gasteiger partial charge in [0.05, 0.1) is 0 Å². The second kappa shape index (κ2) is 3.71. The lowest BCUT2D eigenvalue weighted by Gasteiger charge is -2.42. The Bertz CT molecular complexity index is 543. The molecule has 0 atom stereocenters. The molecule has 1 heteroatoms. The van der Waals surface area contributed by atoms with Gasteiger partial charge in [-0.05, 0) is 55.6 Å². The van der Waals surface area contributed by atoms with Crippen molar-refractivity contribution < 1.29 is 0 Å². The van der Waals surface area contributed by atoms with Gasteiger partial charge in [0.1, 0.15) is 0 Å². The van der Waals surface area contributed by atoms with Crippen LogP contribution in [0, 0.1) is 11.3 Å². The SMILES string of the molecule is CN=C1c2ccccc2C2(CC2)C12CCC(C)CC2. The molecule has 2 spiro atoms. The summed E-state index contributed by atoms with van der Waals surface area (Å²) < 4.78 is 0. The lowest BCUT2D eigenvalue weighted by Crippen LogP contribution is -2.40. The molecule has 3 aliphatic rings. The Morgan fingerprint density at radius 1 is 1.00 bits per heavy atom. The number of hydrogen-bond donors (Lipinski definition) is 0. The highest BCUT2D eigenvalue weighted by Gasteiger charge is 2.66. The molecule has 1 aromatic rings. The lowest BCUT2D eigenvalue weighted by atomic mass is 9.61. The van der Waals surface area contributed by atoms with Crippen molar-refractivity contribution in [3.8, 4) is 0 Å². The third-order valence-electron chi connectivity index (χ3n) is 6.17. The van der Waals surface area contributed by atoms with Gasteiger partial charge < -0.3 is 0 Å². The van der Waals surface area contributed by atoms with E-state index in [1.54, 1.807) is 5.56 Å². The molecule has 0 radical (unpaired) electrons. The third kappa shape index (κ3) is 1.29. The molecular formula is C18H23N. The van der Waals surface area contributed by atoms with Gasteiger partial charge in [0, 0.05) is 23.6 Å². The molecular weight excluding hydrogens is 230 g/mol. The molecule has 19 heavy (non-hydrogen) atoms. The van der Waals surface area contributed by atoms with Crippen LogP contribution in [0.2, 0.25) is 0 Å². The maximum absolute atomic E-state index is 4.78. The van der Waals surface area contributed by atoms with E-state index in [4.69, 9.17) is 4.99 Å². The molecule has 0 aromatic heterocycles. The Labute approximate surface area is 116 Å². The fraction of sp³-hybridized carbons (Fsp3) is 0.611. The number of rotatable bonds is 0. The predicted octanol–water partition coefficient (Wildman–Crippen LogP) is 4.35. The minimum Gasteiger partial charge on any atom is -0.292 e. The van der Waals surface area contributed by atoms with E-state index >= 15 is 0 Å². The van der Waals surface area contributed by atoms with Crippen molar-refractivity contribution in [3.63, 3.8) is 0 Å². The number of fused-ring (bicyclic) bond motifs is 3. The molecule has 0 N–H and O–H groups in total. The predicted molar refractivity (Wildman–Crippen MR) is 79.9 cm³/mol. The van der Waals surface area contributed by atoms with E-state index in [9.17, 15) is 0 Å². The van der Waals surface area contributed by atoms with Crippen LogP contribution in [0.1, 0.15) is 56.6 Å². The second-order valence-electron chi connectivity index (χ2n) is 6.96. The zero-order valence-corrected chi connectivity index (χ0v) is 12.1. The maximum atomic E-state index is 4.78. The van der Waals surface area contributed by atoms with Gasteiger partial charge in [-0.1, -0.05) is 31.2 Å². The first-order chi connectivity index (χ1) is 9.23. The molecule has 4 rings (SSSR count). The summed E-state index contributed by atoms with van der Waals surface area (Å²) in [6, 6.07) is 9.09. The number of aliphatic imine (C=N–C) groups is 1. The summed E-state index contributed by atoms with van der Waals surface area (Å²) >= 11 is 0. The van der Waals surface area contributed by atoms with E-state index < -0.39 is 0 Å². The first-order valence-corrected chi connectivity index (χ1v) is 7.81. The summed E-state index contributed by atoms with van der Waals surface area (Å²) in [5, 5.41) is 0. The quantitative estimate of drug-likeness (QED) is 0.652. The monoisotopic (exact) mass is 253 g/mol. The summed E-state index contributed by atoms with van der Waals surface area (Å²) in [5.74, 6) is 0.906. The van der Waals surface area contributed by atoms with Crippen LogP contribution in [-0.2, 0) is 5.41 Å². The first kappa shape index (κ1) is 11.7. The highest BCUT2D eigenvalue weighted by atomic mass is 14.8. The van der Waals surface area contributed by atoms with Crippen molar-refractivity contribution in [1.82, 2.24) is 0 Å². The van der Waals surface area contributed by atoms with Gasteiger partial charge in [-0.3, -0.25) is 4.99 Å². The van der Waals surface area contributed by atoms with Gasteiger partial charge >= 0.3 is 0 Å². The van der Waals surface area contributed by atoms with Crippen LogP contribution < -0.4 is 0 Å². The van der Waals surface area contributed by atoms with Crippen LogP contribution in [0.25, 0.3) is 0 Å². The molecule has 2 fully saturated rings. The van der Waals surface area contributed by atoms with Crippen molar-refractivity contribution in [2.75, 3.05) is 7.05 Å². The average Bonchev–Trinajstić information content (AvgIpc) is 3.20. The third-order valence-corrected chi connectivity index (χ3v) is 6.17. The Hall–Kier alpha value is -1.11. The molecule has 0 bridgehead atoms. The minimum atomic E-state index is 0.387. The smallest absolute Gasteiger partial charge is 0.0490 e. The van der Waals surface area contributed by atoms with E-state index in [1.165, 1.54) is 49.8 Å². The van der Waals surface area contributed by atoms with E-state index in [-0.39, 0.29) is 0 Å². The summed E-state index contributed by atoms with van der Waals surface area (Å²) in [6.45, 7) is 2.41. The molecule has 1 nitrogen and oxygen atoms in total. The Balaban J connectivity index is 1.89. The molecule has 0 aliphatic heterocycles. The van der Waals surface area contributed by atoms with E-state index in [2.05, 4.69) is 31.2 Å². The van der Waals surface area contributed by atoms with Crippen molar-refractivity contribution in [2.24, 2.45) is 16.3 Å². The summed E-state index contributed by atoms with van der Waals surface area (Å²) in [4.78, 5) is 4.78. The van der Waals surface area contributed by atoms with Gasteiger partial charge in [-0.2, -0.15) is 0 Å². The van der Waals surface area contributed by atoms with Crippen LogP contribution in [0.4, 0.5) is 0 Å². The summed E-state index contributed by atoms with van der Waals surface area (Å²) in [7, 11) is 2.01. The standard InChI is InChI=1S/C18H23N/c1-13-7-9-18(10-8-13)16(19-2)14-5-3-4-6-15(14)17(18)11-12-17/h3-6,13H,7-12H2,1-2H3. The molecule has 0 saturated heterocycles. The van der Waals surface area contributed by atoms with Gasteiger partial charge in [-0.15, -0.1) is 0 Å². The first-order valence-electron chi connectivity index (χ1n) is 7.81. The minimum absolute atomic E-state index is 0.387. The van der Waals surface area contributed by atoms with Crippen molar-refractivity contribution in [2.45, 2.75) is 50.9 Å². The van der Waals surface area contributed by atoms with Crippen molar-refractivity contribution in [3.05, 3.63) is 35.4 Å². The summed E-state index contributed by atoms with van der Waals surface area (Å²) in [6.07, 6.45) is 8.25. The van der Waals surface area contributed by atoms with E-state index in [0.717, 1.165) is 5.92 Å². The Kier molecular flexibility index (Phi) is 2.29. The van der Waals surface area contributed by atoms with Crippen LogP contribution in [0.5, 0.6) is 0 Å². The molecule has 100 valence electrons. The highest BCUT2D eigenvalue weighted by molar-refractivity contribution is 6.11. The van der Waals surface area contributed by atoms with Gasteiger partial charge in [0.2, 0.25) is 0 Å². The summed E-state index contributed by atoms with van der Waals surface area (Å²) in [5.41, 5.74) is 5.38. The van der Waals surface area contributed by atoms with Crippen LogP contribution in [0.3, 0.4) is 0 Å². The van der Waals surface area contributed by atoms with Gasteiger partial charge in [0.25, 0.3) is 0 Å². The van der Waals surface area contributed by atoms with E-state index in [1.807, 2.05) is 7.05 Å². The molecule has 0 unspecified atom stereocenters. The topological polar surface area (TPSA) is 12.4 Å². The zero-order chi connectivity index (χ0) is 13.1. The number of hydrogen-bond acceptors (Lipinski definition) is 1. The molecule has 0 heterocycles. The highest BCUT2D eigenvalue weighted by Crippen LogP contribution is 2.70. The number of nitrogens with zero attached hydrogens (tertiary/aromatic N) is 1. The Morgan fingerprint density at radius 2 is 1.68 bits per heavy atom. The molecule has 2 saturated carbocycles. The maximum Gasteiger partial charge on any atom is 0.0490 e. The fourth-order valence-corrected chi connectivity index (χ4v) is 5.03. The Morgan fingerprint density at radius 3 is 2.32 bits per heavy atom. The van der Waals surface area contributed by atoms with Crippen molar-refractivity contribution in [1.29, 1.82) is 0 Å². The van der Waals surface area contributed by atoms with Crippen LogP contribution in [-0.4, -0.2) is 12.8 Å². The zero-order valence-electron chi connectivity index (χ0n) is 12.1. The van der Waals surface area contributed by atoms with Crippen molar-refractivity contribution >= 4 is 5.71 Å². The van der Waals surface area contributed by atoms with Crippen LogP contribution >= 0.6 is 0 Å². The molecule has 3 aliphatic carbocycles. The second-order valence-corrected chi connectivity index (χ2v) is 6.96. The molecule has 0 amide bonds. The average molecular weight is 253 g/mol. The lowest BCUT2D eigenvalue weighted by molar-refractivity contribution is 0.189. The normalized spacial score (nSPS) is 36.9. The van der Waals surface area contributed by atoms with Crippen LogP contribution in [0.15, 0.2) is 29.3 Å². The fourth-order valence-electron chi connectivity index (χ4n) is 5.03. The molecule has 1 aromatic carbocycles.